The maximum atomic E-state index is 12.4. The van der Waals surface area contributed by atoms with Crippen molar-refractivity contribution in [1.82, 2.24) is 5.43 Å². The van der Waals surface area contributed by atoms with Gasteiger partial charge in [-0.05, 0) is 53.9 Å². The maximum Gasteiger partial charge on any atom is 0.271 e. The Morgan fingerprint density at radius 2 is 1.66 bits per heavy atom. The molecule has 29 heavy (non-hydrogen) atoms. The third-order valence-electron chi connectivity index (χ3n) is 4.34. The van der Waals surface area contributed by atoms with Crippen LogP contribution in [-0.4, -0.2) is 25.3 Å². The Bertz CT molecular complexity index is 981. The molecule has 150 valence electrons. The summed E-state index contributed by atoms with van der Waals surface area (Å²) < 4.78 is 11.4. The highest BCUT2D eigenvalue weighted by Gasteiger charge is 2.08. The molecule has 0 aliphatic carbocycles. The van der Waals surface area contributed by atoms with Crippen molar-refractivity contribution in [1.29, 1.82) is 0 Å². The number of hydrazone groups is 1. The lowest BCUT2D eigenvalue weighted by Gasteiger charge is -2.11. The van der Waals surface area contributed by atoms with Gasteiger partial charge in [0.25, 0.3) is 5.91 Å². The number of ether oxygens (including phenoxy) is 2. The first kappa shape index (κ1) is 20.4. The number of carbonyl (C=O) groups is 1. The van der Waals surface area contributed by atoms with Gasteiger partial charge in [-0.1, -0.05) is 44.2 Å². The van der Waals surface area contributed by atoms with Crippen molar-refractivity contribution in [2.75, 3.05) is 13.2 Å². The van der Waals surface area contributed by atoms with Crippen LogP contribution in [0.3, 0.4) is 0 Å². The smallest absolute Gasteiger partial charge is 0.271 e. The number of nitrogens with one attached hydrogen (secondary N) is 1. The third-order valence-corrected chi connectivity index (χ3v) is 4.34. The van der Waals surface area contributed by atoms with Crippen molar-refractivity contribution in [2.24, 2.45) is 5.10 Å². The van der Waals surface area contributed by atoms with Gasteiger partial charge >= 0.3 is 0 Å². The molecule has 0 spiro atoms. The monoisotopic (exact) mass is 390 g/mol. The summed E-state index contributed by atoms with van der Waals surface area (Å²) in [4.78, 5) is 12.4. The van der Waals surface area contributed by atoms with Crippen molar-refractivity contribution in [2.45, 2.75) is 26.7 Å². The van der Waals surface area contributed by atoms with E-state index in [2.05, 4.69) is 24.4 Å². The minimum Gasteiger partial charge on any atom is -0.494 e. The van der Waals surface area contributed by atoms with Gasteiger partial charge in [-0.2, -0.15) is 5.10 Å². The molecule has 0 bridgehead atoms. The highest BCUT2D eigenvalue weighted by molar-refractivity contribution is 6.03. The van der Waals surface area contributed by atoms with Crippen LogP contribution < -0.4 is 14.9 Å². The molecule has 0 fully saturated rings. The predicted molar refractivity (Wildman–Crippen MR) is 117 cm³/mol. The molecule has 1 amide bonds. The summed E-state index contributed by atoms with van der Waals surface area (Å²) in [6.07, 6.45) is 3.50. The molecular formula is C24H26N2O3. The quantitative estimate of drug-likeness (QED) is 0.404. The average Bonchev–Trinajstić information content (AvgIpc) is 2.77. The van der Waals surface area contributed by atoms with Crippen LogP contribution in [0.25, 0.3) is 10.8 Å². The molecular weight excluding hydrogens is 364 g/mol. The van der Waals surface area contributed by atoms with E-state index in [1.54, 1.807) is 30.5 Å². The fraction of sp³-hybridized carbons (Fsp3) is 0.250. The van der Waals surface area contributed by atoms with Crippen LogP contribution in [0.4, 0.5) is 0 Å². The summed E-state index contributed by atoms with van der Waals surface area (Å²) in [7, 11) is 0. The Hall–Kier alpha value is -3.34. The van der Waals surface area contributed by atoms with Gasteiger partial charge in [-0.3, -0.25) is 4.79 Å². The van der Waals surface area contributed by atoms with Gasteiger partial charge in [0.15, 0.2) is 0 Å². The van der Waals surface area contributed by atoms with Gasteiger partial charge in [-0.15, -0.1) is 0 Å². The Morgan fingerprint density at radius 3 is 2.41 bits per heavy atom. The van der Waals surface area contributed by atoms with E-state index in [1.165, 1.54) is 0 Å². The van der Waals surface area contributed by atoms with Crippen molar-refractivity contribution in [3.05, 3.63) is 71.8 Å². The number of benzene rings is 3. The Balaban J connectivity index is 1.75. The van der Waals surface area contributed by atoms with Crippen molar-refractivity contribution in [3.63, 3.8) is 0 Å². The van der Waals surface area contributed by atoms with E-state index in [0.29, 0.717) is 18.8 Å². The van der Waals surface area contributed by atoms with Crippen LogP contribution >= 0.6 is 0 Å². The highest BCUT2D eigenvalue weighted by Crippen LogP contribution is 2.26. The molecule has 1 N–H and O–H groups in total. The molecule has 0 saturated heterocycles. The van der Waals surface area contributed by atoms with E-state index in [1.807, 2.05) is 36.4 Å². The molecule has 0 radical (unpaired) electrons. The van der Waals surface area contributed by atoms with Gasteiger partial charge in [0.2, 0.25) is 0 Å². The highest BCUT2D eigenvalue weighted by atomic mass is 16.5. The van der Waals surface area contributed by atoms with Crippen molar-refractivity contribution < 1.29 is 14.3 Å². The number of carbonyl (C=O) groups excluding carboxylic acids is 1. The molecule has 3 aromatic rings. The second-order valence-corrected chi connectivity index (χ2v) is 6.62. The normalized spacial score (nSPS) is 11.0. The molecule has 5 heteroatoms. The largest absolute Gasteiger partial charge is 0.494 e. The first-order valence-electron chi connectivity index (χ1n) is 9.93. The van der Waals surface area contributed by atoms with Crippen LogP contribution in [0.1, 0.15) is 42.6 Å². The van der Waals surface area contributed by atoms with Crippen molar-refractivity contribution >= 4 is 22.9 Å². The van der Waals surface area contributed by atoms with Gasteiger partial charge in [0, 0.05) is 11.1 Å². The zero-order valence-corrected chi connectivity index (χ0v) is 16.9. The number of hydrogen-bond donors (Lipinski definition) is 1. The Kier molecular flexibility index (Phi) is 7.22. The lowest BCUT2D eigenvalue weighted by molar-refractivity contribution is 0.0955. The lowest BCUT2D eigenvalue weighted by Crippen LogP contribution is -2.17. The summed E-state index contributed by atoms with van der Waals surface area (Å²) in [6.45, 7) is 5.39. The minimum atomic E-state index is -0.278. The van der Waals surface area contributed by atoms with Crippen molar-refractivity contribution in [3.8, 4) is 11.5 Å². The maximum absolute atomic E-state index is 12.4. The molecule has 0 aliphatic heterocycles. The summed E-state index contributed by atoms with van der Waals surface area (Å²) in [5, 5.41) is 6.29. The second kappa shape index (κ2) is 10.3. The van der Waals surface area contributed by atoms with Crippen LogP contribution in [0.2, 0.25) is 0 Å². The fourth-order valence-electron chi connectivity index (χ4n) is 2.89. The zero-order valence-electron chi connectivity index (χ0n) is 16.9. The summed E-state index contributed by atoms with van der Waals surface area (Å²) in [5.41, 5.74) is 3.96. The number of hydrogen-bond acceptors (Lipinski definition) is 4. The molecule has 0 saturated carbocycles. The number of nitrogens with zero attached hydrogens (tertiary/aromatic N) is 1. The number of amides is 1. The predicted octanol–water partition coefficient (Wildman–Crippen LogP) is 5.18. The van der Waals surface area contributed by atoms with Crippen LogP contribution in [0.15, 0.2) is 65.8 Å². The Morgan fingerprint density at radius 1 is 0.931 bits per heavy atom. The van der Waals surface area contributed by atoms with E-state index in [-0.39, 0.29) is 5.91 Å². The molecule has 5 nitrogen and oxygen atoms in total. The van der Waals surface area contributed by atoms with E-state index < -0.39 is 0 Å². The Labute approximate surface area is 171 Å². The third kappa shape index (κ3) is 5.35. The van der Waals surface area contributed by atoms with Gasteiger partial charge in [0.1, 0.15) is 11.5 Å². The van der Waals surface area contributed by atoms with Crippen LogP contribution in [0, 0.1) is 0 Å². The van der Waals surface area contributed by atoms with Crippen LogP contribution in [-0.2, 0) is 0 Å². The SMILES string of the molecule is CCCOc1ccc(C(=O)N/N=C/c2c(OCCC)ccc3ccccc23)cc1. The average molecular weight is 390 g/mol. The summed E-state index contributed by atoms with van der Waals surface area (Å²) in [5.74, 6) is 1.22. The van der Waals surface area contributed by atoms with Gasteiger partial charge in [0.05, 0.1) is 19.4 Å². The standard InChI is InChI=1S/C24H26N2O3/c1-3-15-28-20-12-9-19(10-13-20)24(27)26-25-17-22-21-8-6-5-7-18(21)11-14-23(22)29-16-4-2/h5-14,17H,3-4,15-16H2,1-2H3,(H,26,27)/b25-17+. The van der Waals surface area contributed by atoms with E-state index >= 15 is 0 Å². The molecule has 3 rings (SSSR count). The van der Waals surface area contributed by atoms with E-state index in [4.69, 9.17) is 9.47 Å². The molecule has 0 atom stereocenters. The zero-order chi connectivity index (χ0) is 20.5. The molecule has 3 aromatic carbocycles. The number of fused-ring (bicyclic) bond motifs is 1. The van der Waals surface area contributed by atoms with Gasteiger partial charge in [-0.25, -0.2) is 5.43 Å². The minimum absolute atomic E-state index is 0.278. The van der Waals surface area contributed by atoms with Crippen LogP contribution in [0.5, 0.6) is 11.5 Å². The first-order valence-corrected chi connectivity index (χ1v) is 9.93. The fourth-order valence-corrected chi connectivity index (χ4v) is 2.89. The molecule has 0 aliphatic rings. The first-order chi connectivity index (χ1) is 14.2. The molecule has 0 unspecified atom stereocenters. The van der Waals surface area contributed by atoms with Gasteiger partial charge < -0.3 is 9.47 Å². The topological polar surface area (TPSA) is 59.9 Å². The number of rotatable bonds is 9. The van der Waals surface area contributed by atoms with E-state index in [9.17, 15) is 4.79 Å². The molecule has 0 heterocycles. The second-order valence-electron chi connectivity index (χ2n) is 6.62. The lowest BCUT2D eigenvalue weighted by atomic mass is 10.0. The summed E-state index contributed by atoms with van der Waals surface area (Å²) in [6, 6.07) is 19.0. The molecule has 0 aromatic heterocycles. The summed E-state index contributed by atoms with van der Waals surface area (Å²) >= 11 is 0. The van der Waals surface area contributed by atoms with E-state index in [0.717, 1.165) is 40.7 Å².